The second-order valence-electron chi connectivity index (χ2n) is 8.99. The number of aliphatic hydroxyl groups is 1. The molecule has 27 heavy (non-hydrogen) atoms. The third-order valence-electron chi connectivity index (χ3n) is 4.69. The second kappa shape index (κ2) is 6.23. The molecule has 1 aromatic heterocycles. The topological polar surface area (TPSA) is 91.4 Å². The summed E-state index contributed by atoms with van der Waals surface area (Å²) in [5.74, 6) is -0.0635. The van der Waals surface area contributed by atoms with E-state index in [9.17, 15) is 15.3 Å². The van der Waals surface area contributed by atoms with E-state index in [4.69, 9.17) is 0 Å². The molecular weight excluding hydrogens is 342 g/mol. The highest BCUT2D eigenvalue weighted by atomic mass is 16.3. The molecule has 3 N–H and O–H groups in total. The van der Waals surface area contributed by atoms with Gasteiger partial charge in [0.2, 0.25) is 0 Å². The van der Waals surface area contributed by atoms with Gasteiger partial charge in [0.15, 0.2) is 17.2 Å². The van der Waals surface area contributed by atoms with Crippen LogP contribution >= 0.6 is 0 Å². The quantitative estimate of drug-likeness (QED) is 0.637. The number of rotatable bonds is 2. The van der Waals surface area contributed by atoms with Crippen LogP contribution in [-0.4, -0.2) is 30.3 Å². The first kappa shape index (κ1) is 19.2. The molecular formula is C21H27N3O3. The number of fused-ring (bicyclic) bond motifs is 1. The Morgan fingerprint density at radius 1 is 0.815 bits per heavy atom. The SMILES string of the molecule is CC(C)(C)c1cc(C(C)(C)C)c(O)c(-n2nc3ccc(CO)cc3n2)c1O. The normalized spacial score (nSPS) is 12.7. The highest BCUT2D eigenvalue weighted by Crippen LogP contribution is 2.45. The molecule has 0 unspecified atom stereocenters. The number of aromatic nitrogens is 3. The lowest BCUT2D eigenvalue weighted by molar-refractivity contribution is 0.282. The minimum atomic E-state index is -0.330. The highest BCUT2D eigenvalue weighted by molar-refractivity contribution is 5.75. The van der Waals surface area contributed by atoms with Crippen LogP contribution in [0.1, 0.15) is 58.2 Å². The molecule has 2 aromatic carbocycles. The van der Waals surface area contributed by atoms with Crippen LogP contribution in [0.5, 0.6) is 11.5 Å². The first-order chi connectivity index (χ1) is 12.4. The third-order valence-corrected chi connectivity index (χ3v) is 4.69. The molecule has 0 spiro atoms. The van der Waals surface area contributed by atoms with E-state index in [-0.39, 0.29) is 34.6 Å². The van der Waals surface area contributed by atoms with E-state index in [1.165, 1.54) is 4.80 Å². The molecule has 0 radical (unpaired) electrons. The third kappa shape index (κ3) is 3.37. The van der Waals surface area contributed by atoms with E-state index in [0.29, 0.717) is 11.0 Å². The number of aromatic hydroxyl groups is 2. The standard InChI is InChI=1S/C21H27N3O3/c1-20(2,3)13-10-14(21(4,5)6)19(27)17(18(13)26)24-22-15-8-7-12(11-25)9-16(15)23-24/h7-10,25-27H,11H2,1-6H3. The zero-order valence-corrected chi connectivity index (χ0v) is 16.7. The number of phenolic OH excluding ortho intramolecular Hbond substituents is 2. The minimum Gasteiger partial charge on any atom is -0.505 e. The first-order valence-corrected chi connectivity index (χ1v) is 9.00. The molecule has 1 heterocycles. The lowest BCUT2D eigenvalue weighted by Gasteiger charge is -2.28. The maximum atomic E-state index is 11.0. The summed E-state index contributed by atoms with van der Waals surface area (Å²) in [5.41, 5.74) is 2.88. The van der Waals surface area contributed by atoms with Crippen molar-refractivity contribution in [2.24, 2.45) is 0 Å². The number of aliphatic hydroxyl groups excluding tert-OH is 1. The zero-order valence-electron chi connectivity index (χ0n) is 16.7. The summed E-state index contributed by atoms with van der Waals surface area (Å²) in [4.78, 5) is 1.28. The molecule has 3 aromatic rings. The van der Waals surface area contributed by atoms with E-state index in [1.54, 1.807) is 18.2 Å². The zero-order chi connectivity index (χ0) is 20.1. The van der Waals surface area contributed by atoms with Crippen molar-refractivity contribution in [2.45, 2.75) is 59.0 Å². The van der Waals surface area contributed by atoms with Crippen molar-refractivity contribution in [1.82, 2.24) is 15.0 Å². The van der Waals surface area contributed by atoms with Crippen LogP contribution in [0, 0.1) is 0 Å². The fourth-order valence-electron chi connectivity index (χ4n) is 3.14. The van der Waals surface area contributed by atoms with Crippen molar-refractivity contribution in [3.8, 4) is 17.2 Å². The second-order valence-corrected chi connectivity index (χ2v) is 8.99. The maximum absolute atomic E-state index is 11.0. The largest absolute Gasteiger partial charge is 0.505 e. The van der Waals surface area contributed by atoms with Gasteiger partial charge in [-0.05, 0) is 34.6 Å². The number of phenols is 2. The van der Waals surface area contributed by atoms with Gasteiger partial charge in [0, 0.05) is 11.1 Å². The lowest BCUT2D eigenvalue weighted by atomic mass is 9.79. The van der Waals surface area contributed by atoms with Gasteiger partial charge in [-0.1, -0.05) is 47.6 Å². The number of nitrogens with zero attached hydrogens (tertiary/aromatic N) is 3. The first-order valence-electron chi connectivity index (χ1n) is 9.00. The van der Waals surface area contributed by atoms with Crippen LogP contribution in [0.4, 0.5) is 0 Å². The summed E-state index contributed by atoms with van der Waals surface area (Å²) in [7, 11) is 0. The minimum absolute atomic E-state index is 0.0318. The van der Waals surface area contributed by atoms with Crippen molar-refractivity contribution >= 4 is 11.0 Å². The molecule has 3 rings (SSSR count). The Hall–Kier alpha value is -2.60. The van der Waals surface area contributed by atoms with Gasteiger partial charge < -0.3 is 15.3 Å². The molecule has 0 bridgehead atoms. The summed E-state index contributed by atoms with van der Waals surface area (Å²) in [6.07, 6.45) is 0. The van der Waals surface area contributed by atoms with Gasteiger partial charge in [-0.15, -0.1) is 15.0 Å². The summed E-state index contributed by atoms with van der Waals surface area (Å²) in [6, 6.07) is 7.14. The molecule has 0 aliphatic rings. The van der Waals surface area contributed by atoms with Crippen LogP contribution in [0.3, 0.4) is 0 Å². The molecule has 0 fully saturated rings. The Balaban J connectivity index is 2.34. The Kier molecular flexibility index (Phi) is 4.43. The molecule has 6 heteroatoms. The summed E-state index contributed by atoms with van der Waals surface area (Å²) >= 11 is 0. The van der Waals surface area contributed by atoms with Gasteiger partial charge in [0.1, 0.15) is 11.0 Å². The lowest BCUT2D eigenvalue weighted by Crippen LogP contribution is -2.18. The predicted molar refractivity (Wildman–Crippen MR) is 106 cm³/mol. The molecule has 144 valence electrons. The van der Waals surface area contributed by atoms with E-state index in [2.05, 4.69) is 10.2 Å². The summed E-state index contributed by atoms with van der Waals surface area (Å²) in [5, 5.41) is 40.1. The molecule has 0 aliphatic carbocycles. The number of hydrogen-bond acceptors (Lipinski definition) is 5. The van der Waals surface area contributed by atoms with Gasteiger partial charge in [0.05, 0.1) is 6.61 Å². The average Bonchev–Trinajstić information content (AvgIpc) is 2.94. The highest BCUT2D eigenvalue weighted by Gasteiger charge is 2.30. The van der Waals surface area contributed by atoms with Gasteiger partial charge in [-0.25, -0.2) is 0 Å². The van der Waals surface area contributed by atoms with E-state index in [0.717, 1.165) is 16.7 Å². The van der Waals surface area contributed by atoms with Crippen molar-refractivity contribution in [1.29, 1.82) is 0 Å². The van der Waals surface area contributed by atoms with Crippen molar-refractivity contribution in [3.05, 3.63) is 41.0 Å². The monoisotopic (exact) mass is 369 g/mol. The molecule has 6 nitrogen and oxygen atoms in total. The predicted octanol–water partition coefficient (Wildman–Crippen LogP) is 3.92. The van der Waals surface area contributed by atoms with Gasteiger partial charge in [-0.2, -0.15) is 0 Å². The van der Waals surface area contributed by atoms with Gasteiger partial charge in [0.25, 0.3) is 0 Å². The fourth-order valence-corrected chi connectivity index (χ4v) is 3.14. The van der Waals surface area contributed by atoms with Crippen LogP contribution in [-0.2, 0) is 17.4 Å². The smallest absolute Gasteiger partial charge is 0.169 e. The van der Waals surface area contributed by atoms with Crippen LogP contribution in [0.15, 0.2) is 24.3 Å². The van der Waals surface area contributed by atoms with Crippen LogP contribution in [0.2, 0.25) is 0 Å². The van der Waals surface area contributed by atoms with Crippen LogP contribution < -0.4 is 0 Å². The fraction of sp³-hybridized carbons (Fsp3) is 0.429. The summed E-state index contributed by atoms with van der Waals surface area (Å²) in [6.45, 7) is 12.0. The van der Waals surface area contributed by atoms with Crippen LogP contribution in [0.25, 0.3) is 16.7 Å². The maximum Gasteiger partial charge on any atom is 0.169 e. The van der Waals surface area contributed by atoms with Crippen molar-refractivity contribution in [2.75, 3.05) is 0 Å². The van der Waals surface area contributed by atoms with Gasteiger partial charge >= 0.3 is 0 Å². The molecule has 0 saturated heterocycles. The Bertz CT molecular complexity index is 970. The average molecular weight is 369 g/mol. The molecule has 0 saturated carbocycles. The molecule has 0 amide bonds. The van der Waals surface area contributed by atoms with E-state index in [1.807, 2.05) is 47.6 Å². The van der Waals surface area contributed by atoms with E-state index < -0.39 is 0 Å². The Morgan fingerprint density at radius 2 is 1.33 bits per heavy atom. The Labute approximate surface area is 159 Å². The molecule has 0 atom stereocenters. The number of hydrogen-bond donors (Lipinski definition) is 3. The van der Waals surface area contributed by atoms with Crippen molar-refractivity contribution in [3.63, 3.8) is 0 Å². The summed E-state index contributed by atoms with van der Waals surface area (Å²) < 4.78 is 0. The van der Waals surface area contributed by atoms with Gasteiger partial charge in [-0.3, -0.25) is 0 Å². The number of benzene rings is 2. The molecule has 0 aliphatic heterocycles. The van der Waals surface area contributed by atoms with Crippen molar-refractivity contribution < 1.29 is 15.3 Å². The Morgan fingerprint density at radius 3 is 1.81 bits per heavy atom. The van der Waals surface area contributed by atoms with E-state index >= 15 is 0 Å².